The zero-order chi connectivity index (χ0) is 14.7. The van der Waals surface area contributed by atoms with Gasteiger partial charge in [0.15, 0.2) is 5.82 Å². The van der Waals surface area contributed by atoms with Gasteiger partial charge in [-0.25, -0.2) is 9.97 Å². The zero-order valence-electron chi connectivity index (χ0n) is 12.2. The molecule has 1 aromatic heterocycles. The van der Waals surface area contributed by atoms with Crippen molar-refractivity contribution in [3.8, 4) is 11.4 Å². The second kappa shape index (κ2) is 6.44. The Bertz CT molecular complexity index is 596. The lowest BCUT2D eigenvalue weighted by Gasteiger charge is -2.17. The van der Waals surface area contributed by atoms with Gasteiger partial charge in [-0.2, -0.15) is 0 Å². The van der Waals surface area contributed by atoms with Crippen LogP contribution in [0.5, 0.6) is 0 Å². The maximum Gasteiger partial charge on any atom is 0.163 e. The summed E-state index contributed by atoms with van der Waals surface area (Å²) in [5.41, 5.74) is 0.985. The summed E-state index contributed by atoms with van der Waals surface area (Å²) < 4.78 is 0. The van der Waals surface area contributed by atoms with Gasteiger partial charge in [0.2, 0.25) is 0 Å². The fourth-order valence-corrected chi connectivity index (χ4v) is 2.68. The molecule has 1 aliphatic carbocycles. The smallest absolute Gasteiger partial charge is 0.163 e. The quantitative estimate of drug-likeness (QED) is 0.780. The van der Waals surface area contributed by atoms with Gasteiger partial charge in [0.1, 0.15) is 11.0 Å². The van der Waals surface area contributed by atoms with Crippen LogP contribution < -0.4 is 5.32 Å². The minimum absolute atomic E-state index is 0.465. The molecule has 21 heavy (non-hydrogen) atoms. The number of rotatable bonds is 6. The van der Waals surface area contributed by atoms with Gasteiger partial charge in [-0.1, -0.05) is 61.7 Å². The van der Waals surface area contributed by atoms with Crippen LogP contribution >= 0.6 is 11.6 Å². The van der Waals surface area contributed by atoms with Gasteiger partial charge < -0.3 is 5.32 Å². The van der Waals surface area contributed by atoms with Crippen LogP contribution in [-0.4, -0.2) is 16.0 Å². The summed E-state index contributed by atoms with van der Waals surface area (Å²) in [6.07, 6.45) is 5.06. The van der Waals surface area contributed by atoms with Gasteiger partial charge in [-0.15, -0.1) is 0 Å². The third-order valence-corrected chi connectivity index (χ3v) is 4.08. The van der Waals surface area contributed by atoms with E-state index in [4.69, 9.17) is 11.6 Å². The first-order valence-electron chi connectivity index (χ1n) is 7.61. The lowest BCUT2D eigenvalue weighted by molar-refractivity contribution is 0.585. The first-order valence-corrected chi connectivity index (χ1v) is 7.99. The van der Waals surface area contributed by atoms with E-state index in [1.807, 2.05) is 36.4 Å². The molecule has 2 aromatic rings. The van der Waals surface area contributed by atoms with E-state index in [0.717, 1.165) is 23.7 Å². The molecule has 0 aliphatic heterocycles. The maximum atomic E-state index is 6.15. The number of hydrogen-bond acceptors (Lipinski definition) is 3. The van der Waals surface area contributed by atoms with E-state index in [2.05, 4.69) is 22.2 Å². The van der Waals surface area contributed by atoms with Crippen LogP contribution in [0.2, 0.25) is 5.15 Å². The lowest BCUT2D eigenvalue weighted by Crippen LogP contribution is -2.20. The van der Waals surface area contributed by atoms with Crippen LogP contribution in [0.4, 0.5) is 5.82 Å². The highest BCUT2D eigenvalue weighted by Crippen LogP contribution is 2.34. The molecule has 1 unspecified atom stereocenters. The summed E-state index contributed by atoms with van der Waals surface area (Å²) >= 11 is 6.15. The molecule has 1 aliphatic rings. The normalized spacial score (nSPS) is 15.7. The molecule has 3 nitrogen and oxygen atoms in total. The fraction of sp³-hybridized carbons (Fsp3) is 0.412. The summed E-state index contributed by atoms with van der Waals surface area (Å²) in [4.78, 5) is 8.94. The van der Waals surface area contributed by atoms with E-state index < -0.39 is 0 Å². The van der Waals surface area contributed by atoms with E-state index in [0.29, 0.717) is 17.0 Å². The largest absolute Gasteiger partial charge is 0.367 e. The van der Waals surface area contributed by atoms with Crippen LogP contribution in [0.15, 0.2) is 36.4 Å². The molecule has 0 spiro atoms. The molecule has 0 radical (unpaired) electrons. The second-order valence-corrected chi connectivity index (χ2v) is 6.08. The average Bonchev–Trinajstić information content (AvgIpc) is 3.31. The lowest BCUT2D eigenvalue weighted by atomic mass is 10.1. The SMILES string of the molecule is CCC(CC1CC1)Nc1cc(Cl)nc(-c2ccccc2)n1. The van der Waals surface area contributed by atoms with Crippen LogP contribution in [0.1, 0.15) is 32.6 Å². The molecule has 1 atom stereocenters. The molecule has 1 N–H and O–H groups in total. The third-order valence-electron chi connectivity index (χ3n) is 3.89. The monoisotopic (exact) mass is 301 g/mol. The Morgan fingerprint density at radius 2 is 2.00 bits per heavy atom. The van der Waals surface area contributed by atoms with Crippen molar-refractivity contribution in [3.63, 3.8) is 0 Å². The first-order chi connectivity index (χ1) is 10.2. The van der Waals surface area contributed by atoms with Crippen molar-refractivity contribution in [1.82, 2.24) is 9.97 Å². The Labute approximate surface area is 130 Å². The second-order valence-electron chi connectivity index (χ2n) is 5.69. The molecular weight excluding hydrogens is 282 g/mol. The van der Waals surface area contributed by atoms with Crippen LogP contribution in [-0.2, 0) is 0 Å². The predicted molar refractivity (Wildman–Crippen MR) is 87.5 cm³/mol. The third kappa shape index (κ3) is 3.94. The molecule has 1 heterocycles. The topological polar surface area (TPSA) is 37.8 Å². The van der Waals surface area contributed by atoms with Crippen molar-refractivity contribution in [2.24, 2.45) is 5.92 Å². The summed E-state index contributed by atoms with van der Waals surface area (Å²) in [5.74, 6) is 2.39. The standard InChI is InChI=1S/C17H20ClN3/c1-2-14(10-12-8-9-12)19-16-11-15(18)20-17(21-16)13-6-4-3-5-7-13/h3-7,11-12,14H,2,8-10H2,1H3,(H,19,20,21). The number of aromatic nitrogens is 2. The van der Waals surface area contributed by atoms with Crippen molar-refractivity contribution in [2.75, 3.05) is 5.32 Å². The molecule has 4 heteroatoms. The number of nitrogens with one attached hydrogen (secondary N) is 1. The van der Waals surface area contributed by atoms with Crippen LogP contribution in [0.25, 0.3) is 11.4 Å². The van der Waals surface area contributed by atoms with E-state index in [9.17, 15) is 0 Å². The molecule has 0 saturated heterocycles. The average molecular weight is 302 g/mol. The molecule has 1 fully saturated rings. The Morgan fingerprint density at radius 3 is 2.67 bits per heavy atom. The number of anilines is 1. The maximum absolute atomic E-state index is 6.15. The van der Waals surface area contributed by atoms with E-state index >= 15 is 0 Å². The minimum atomic E-state index is 0.465. The predicted octanol–water partition coefficient (Wildman–Crippen LogP) is 4.79. The number of benzene rings is 1. The Morgan fingerprint density at radius 1 is 1.24 bits per heavy atom. The molecule has 1 aromatic carbocycles. The minimum Gasteiger partial charge on any atom is -0.367 e. The Kier molecular flexibility index (Phi) is 4.39. The number of nitrogens with zero attached hydrogens (tertiary/aromatic N) is 2. The van der Waals surface area contributed by atoms with Crippen molar-refractivity contribution < 1.29 is 0 Å². The molecule has 0 bridgehead atoms. The Balaban J connectivity index is 1.80. The Hall–Kier alpha value is -1.61. The van der Waals surface area contributed by atoms with Gasteiger partial charge >= 0.3 is 0 Å². The van der Waals surface area contributed by atoms with Gasteiger partial charge in [0, 0.05) is 17.7 Å². The van der Waals surface area contributed by atoms with Crippen molar-refractivity contribution >= 4 is 17.4 Å². The van der Waals surface area contributed by atoms with E-state index in [1.54, 1.807) is 0 Å². The number of halogens is 1. The van der Waals surface area contributed by atoms with Gasteiger partial charge in [0.05, 0.1) is 0 Å². The molecule has 0 amide bonds. The first kappa shape index (κ1) is 14.3. The van der Waals surface area contributed by atoms with Gasteiger partial charge in [-0.05, 0) is 18.8 Å². The highest BCUT2D eigenvalue weighted by molar-refractivity contribution is 6.29. The molecule has 3 rings (SSSR count). The zero-order valence-corrected chi connectivity index (χ0v) is 13.0. The number of hydrogen-bond donors (Lipinski definition) is 1. The van der Waals surface area contributed by atoms with Crippen LogP contribution in [0.3, 0.4) is 0 Å². The van der Waals surface area contributed by atoms with E-state index in [-0.39, 0.29) is 0 Å². The molecule has 110 valence electrons. The summed E-state index contributed by atoms with van der Waals surface area (Å²) in [6, 6.07) is 12.2. The van der Waals surface area contributed by atoms with E-state index in [1.165, 1.54) is 19.3 Å². The van der Waals surface area contributed by atoms with Crippen molar-refractivity contribution in [2.45, 2.75) is 38.6 Å². The summed E-state index contributed by atoms with van der Waals surface area (Å²) in [6.45, 7) is 2.21. The van der Waals surface area contributed by atoms with Crippen LogP contribution in [0, 0.1) is 5.92 Å². The molecular formula is C17H20ClN3. The fourth-order valence-electron chi connectivity index (χ4n) is 2.50. The highest BCUT2D eigenvalue weighted by atomic mass is 35.5. The van der Waals surface area contributed by atoms with Crippen molar-refractivity contribution in [1.29, 1.82) is 0 Å². The summed E-state index contributed by atoms with van der Waals surface area (Å²) in [5, 5.41) is 3.99. The van der Waals surface area contributed by atoms with Crippen molar-refractivity contribution in [3.05, 3.63) is 41.6 Å². The highest BCUT2D eigenvalue weighted by Gasteiger charge is 2.25. The van der Waals surface area contributed by atoms with Gasteiger partial charge in [0.25, 0.3) is 0 Å². The summed E-state index contributed by atoms with van der Waals surface area (Å²) in [7, 11) is 0. The molecule has 1 saturated carbocycles. The van der Waals surface area contributed by atoms with Gasteiger partial charge in [-0.3, -0.25) is 0 Å².